The van der Waals surface area contributed by atoms with E-state index in [1.807, 2.05) is 36.4 Å². The zero-order valence-corrected chi connectivity index (χ0v) is 9.55. The molecule has 0 fully saturated rings. The first-order chi connectivity index (χ1) is 7.29. The number of allylic oxidation sites excluding steroid dienone is 1. The second-order valence-electron chi connectivity index (χ2n) is 2.60. The van der Waals surface area contributed by atoms with Crippen LogP contribution < -0.4 is 0 Å². The van der Waals surface area contributed by atoms with Crippen LogP contribution in [0, 0.1) is 22.7 Å². The van der Waals surface area contributed by atoms with Gasteiger partial charge in [-0.05, 0) is 5.56 Å². The summed E-state index contributed by atoms with van der Waals surface area (Å²) < 4.78 is 0.588. The second kappa shape index (κ2) is 8.75. The van der Waals surface area contributed by atoms with Gasteiger partial charge in [0.15, 0.2) is 0 Å². The summed E-state index contributed by atoms with van der Waals surface area (Å²) in [4.78, 5) is 0. The van der Waals surface area contributed by atoms with Crippen molar-refractivity contribution in [2.24, 2.45) is 0 Å². The van der Waals surface area contributed by atoms with Gasteiger partial charge in [-0.1, -0.05) is 30.3 Å². The van der Waals surface area contributed by atoms with E-state index in [1.165, 1.54) is 11.8 Å². The Bertz CT molecular complexity index is 443. The Balaban J connectivity index is 0.00000225. The van der Waals surface area contributed by atoms with Crippen molar-refractivity contribution in [3.63, 3.8) is 0 Å². The summed E-state index contributed by atoms with van der Waals surface area (Å²) in [6.07, 6.45) is 0. The Kier molecular flexibility index (Phi) is 8.56. The normalized spacial score (nSPS) is 10.4. The van der Waals surface area contributed by atoms with E-state index in [2.05, 4.69) is 18.7 Å². The van der Waals surface area contributed by atoms with E-state index < -0.39 is 0 Å². The minimum atomic E-state index is 0. The Morgan fingerprint density at radius 1 is 1.25 bits per heavy atom. The summed E-state index contributed by atoms with van der Waals surface area (Å²) in [6.45, 7) is 0. The van der Waals surface area contributed by atoms with Crippen LogP contribution in [-0.2, 0) is 0 Å². The van der Waals surface area contributed by atoms with E-state index in [0.717, 1.165) is 5.56 Å². The number of hydrogen-bond donors (Lipinski definition) is 1. The van der Waals surface area contributed by atoms with E-state index in [0.29, 0.717) is 15.6 Å². The van der Waals surface area contributed by atoms with Gasteiger partial charge in [-0.3, -0.25) is 0 Å². The minimum absolute atomic E-state index is 0. The molecule has 2 nitrogen and oxygen atoms in total. The number of nitrogens with zero attached hydrogens (tertiary/aromatic N) is 2. The van der Waals surface area contributed by atoms with Crippen molar-refractivity contribution in [3.05, 3.63) is 40.1 Å². The van der Waals surface area contributed by atoms with E-state index >= 15 is 0 Å². The first-order valence-electron chi connectivity index (χ1n) is 4.18. The Morgan fingerprint density at radius 3 is 2.38 bits per heavy atom. The van der Waals surface area contributed by atoms with Crippen molar-refractivity contribution >= 4 is 59.5 Å². The number of benzene rings is 1. The van der Waals surface area contributed by atoms with Gasteiger partial charge >= 0.3 is 29.6 Å². The molecule has 0 saturated carbocycles. The molecule has 0 amide bonds. The van der Waals surface area contributed by atoms with Crippen LogP contribution in [0.5, 0.6) is 0 Å². The molecule has 0 aromatic heterocycles. The summed E-state index contributed by atoms with van der Waals surface area (Å²) in [5.74, 6) is 0.302. The molecule has 0 spiro atoms. The third kappa shape index (κ3) is 4.65. The predicted molar refractivity (Wildman–Crippen MR) is 73.2 cm³/mol. The van der Waals surface area contributed by atoms with Crippen LogP contribution in [0.2, 0.25) is 0 Å². The molecule has 0 unspecified atom stereocenters. The molecule has 1 aromatic rings. The van der Waals surface area contributed by atoms with Crippen LogP contribution in [0.4, 0.5) is 0 Å². The SMILES string of the molecule is N#CCSC(S)=C(C#N)c1ccccc1.[NaH]. The summed E-state index contributed by atoms with van der Waals surface area (Å²) >= 11 is 5.48. The van der Waals surface area contributed by atoms with Gasteiger partial charge in [0.25, 0.3) is 0 Å². The zero-order chi connectivity index (χ0) is 11.1. The molecule has 76 valence electrons. The topological polar surface area (TPSA) is 47.6 Å². The van der Waals surface area contributed by atoms with Gasteiger partial charge in [0.2, 0.25) is 0 Å². The zero-order valence-electron chi connectivity index (χ0n) is 7.84. The number of thiol groups is 1. The summed E-state index contributed by atoms with van der Waals surface area (Å²) in [5, 5.41) is 17.4. The molecule has 0 bridgehead atoms. The molecule has 0 aliphatic heterocycles. The molecule has 5 heteroatoms. The monoisotopic (exact) mass is 256 g/mol. The van der Waals surface area contributed by atoms with Crippen molar-refractivity contribution in [1.29, 1.82) is 10.5 Å². The second-order valence-corrected chi connectivity index (χ2v) is 4.34. The summed E-state index contributed by atoms with van der Waals surface area (Å²) in [7, 11) is 0. The van der Waals surface area contributed by atoms with Crippen molar-refractivity contribution in [2.45, 2.75) is 0 Å². The standard InChI is InChI=1S/C11H8N2S2.Na.H/c12-6-7-15-11(14)10(8-13)9-4-2-1-3-5-9;;/h1-5,14H,7H2;;. The maximum atomic E-state index is 9.00. The van der Waals surface area contributed by atoms with Crippen molar-refractivity contribution in [1.82, 2.24) is 0 Å². The first-order valence-corrected chi connectivity index (χ1v) is 5.61. The number of rotatable bonds is 3. The van der Waals surface area contributed by atoms with Crippen LogP contribution in [0.1, 0.15) is 5.56 Å². The van der Waals surface area contributed by atoms with Crippen molar-refractivity contribution < 1.29 is 0 Å². The Hall–Kier alpha value is -0.360. The number of thioether (sulfide) groups is 1. The quantitative estimate of drug-likeness (QED) is 0.513. The van der Waals surface area contributed by atoms with E-state index in [1.54, 1.807) is 0 Å². The van der Waals surface area contributed by atoms with Gasteiger partial charge < -0.3 is 0 Å². The average Bonchev–Trinajstić information content (AvgIpc) is 2.29. The molecule has 16 heavy (non-hydrogen) atoms. The van der Waals surface area contributed by atoms with Gasteiger partial charge in [-0.15, -0.1) is 24.4 Å². The number of nitriles is 2. The van der Waals surface area contributed by atoms with E-state index in [4.69, 9.17) is 10.5 Å². The van der Waals surface area contributed by atoms with Crippen LogP contribution in [0.15, 0.2) is 34.6 Å². The fraction of sp³-hybridized carbons (Fsp3) is 0.0909. The maximum absolute atomic E-state index is 9.00. The van der Waals surface area contributed by atoms with Gasteiger partial charge in [0.1, 0.15) is 6.07 Å². The third-order valence-electron chi connectivity index (χ3n) is 1.66. The molecule has 1 rings (SSSR count). The summed E-state index contributed by atoms with van der Waals surface area (Å²) in [6, 6.07) is 13.4. The van der Waals surface area contributed by atoms with E-state index in [-0.39, 0.29) is 29.6 Å². The molecular weight excluding hydrogens is 247 g/mol. The van der Waals surface area contributed by atoms with Gasteiger partial charge in [0, 0.05) is 0 Å². The van der Waals surface area contributed by atoms with Crippen LogP contribution in [0.25, 0.3) is 5.57 Å². The molecule has 0 radical (unpaired) electrons. The Morgan fingerprint density at radius 2 is 1.88 bits per heavy atom. The fourth-order valence-electron chi connectivity index (χ4n) is 1.01. The van der Waals surface area contributed by atoms with Crippen molar-refractivity contribution in [2.75, 3.05) is 5.75 Å². The van der Waals surface area contributed by atoms with Gasteiger partial charge in [-0.2, -0.15) is 10.5 Å². The molecule has 0 N–H and O–H groups in total. The van der Waals surface area contributed by atoms with Crippen LogP contribution in [0.3, 0.4) is 0 Å². The molecule has 0 saturated heterocycles. The molecule has 0 heterocycles. The van der Waals surface area contributed by atoms with Crippen molar-refractivity contribution in [3.8, 4) is 12.1 Å². The Labute approximate surface area is 127 Å². The third-order valence-corrected chi connectivity index (χ3v) is 3.02. The number of hydrogen-bond acceptors (Lipinski definition) is 4. The summed E-state index contributed by atoms with van der Waals surface area (Å²) in [5.41, 5.74) is 1.34. The molecule has 0 atom stereocenters. The van der Waals surface area contributed by atoms with Crippen LogP contribution in [-0.4, -0.2) is 35.3 Å². The van der Waals surface area contributed by atoms with Crippen LogP contribution >= 0.6 is 24.4 Å². The van der Waals surface area contributed by atoms with Gasteiger partial charge in [-0.25, -0.2) is 0 Å². The molecule has 1 aromatic carbocycles. The fourth-order valence-corrected chi connectivity index (χ4v) is 1.90. The molecule has 0 aliphatic carbocycles. The predicted octanol–water partition coefficient (Wildman–Crippen LogP) is 2.42. The average molecular weight is 256 g/mol. The van der Waals surface area contributed by atoms with Gasteiger partial charge in [0.05, 0.1) is 21.6 Å². The van der Waals surface area contributed by atoms with E-state index in [9.17, 15) is 0 Å². The molecule has 0 aliphatic rings. The first kappa shape index (κ1) is 15.6. The molecular formula is C11H9N2NaS2.